The van der Waals surface area contributed by atoms with Crippen LogP contribution in [0.3, 0.4) is 0 Å². The van der Waals surface area contributed by atoms with Crippen LogP contribution in [0.15, 0.2) is 0 Å². The molecular weight excluding hydrogens is 132 g/mol. The molecule has 4 heteroatoms. The first-order valence-electron chi connectivity index (χ1n) is 3.18. The van der Waals surface area contributed by atoms with Crippen molar-refractivity contribution < 1.29 is 0 Å². The normalized spacial score (nSPS) is 13.5. The molecule has 0 radical (unpaired) electrons. The molecule has 0 amide bonds. The summed E-state index contributed by atoms with van der Waals surface area (Å²) in [6.07, 6.45) is 1.30. The summed E-state index contributed by atoms with van der Waals surface area (Å²) in [5, 5.41) is 2.04. The van der Waals surface area contributed by atoms with Crippen LogP contribution >= 0.6 is 0 Å². The third-order valence-electron chi connectivity index (χ3n) is 0.958. The average Bonchev–Trinajstić information content (AvgIpc) is 1.66. The van der Waals surface area contributed by atoms with Gasteiger partial charge in [0.15, 0.2) is 0 Å². The van der Waals surface area contributed by atoms with Crippen molar-refractivity contribution in [3.05, 3.63) is 0 Å². The summed E-state index contributed by atoms with van der Waals surface area (Å²) in [6, 6.07) is 0. The SMILES string of the molecule is C[SiH2][SiH2]CNN(C)C. The Morgan fingerprint density at radius 1 is 1.50 bits per heavy atom. The molecule has 2 nitrogen and oxygen atoms in total. The second kappa shape index (κ2) is 5.49. The molecule has 1 N–H and O–H groups in total. The lowest BCUT2D eigenvalue weighted by Gasteiger charge is -2.09. The van der Waals surface area contributed by atoms with E-state index >= 15 is 0 Å². The molecule has 0 saturated heterocycles. The average molecular weight is 148 g/mol. The molecule has 0 unspecified atom stereocenters. The van der Waals surface area contributed by atoms with Crippen molar-refractivity contribution in [2.45, 2.75) is 6.55 Å². The Morgan fingerprint density at radius 3 is 2.50 bits per heavy atom. The van der Waals surface area contributed by atoms with E-state index in [9.17, 15) is 0 Å². The van der Waals surface area contributed by atoms with Gasteiger partial charge in [-0.25, -0.2) is 0 Å². The summed E-state index contributed by atoms with van der Waals surface area (Å²) in [5.41, 5.74) is 3.28. The molecule has 0 spiro atoms. The molecule has 0 aromatic heterocycles. The second-order valence-corrected chi connectivity index (χ2v) is 9.48. The second-order valence-electron chi connectivity index (χ2n) is 2.16. The molecule has 0 aromatic carbocycles. The summed E-state index contributed by atoms with van der Waals surface area (Å²) in [6.45, 7) is 2.39. The van der Waals surface area contributed by atoms with Gasteiger partial charge in [0, 0.05) is 32.2 Å². The summed E-state index contributed by atoms with van der Waals surface area (Å²) in [5.74, 6) is 0. The first-order chi connectivity index (χ1) is 3.77. The molecule has 0 rings (SSSR count). The van der Waals surface area contributed by atoms with Crippen molar-refractivity contribution in [1.82, 2.24) is 10.4 Å². The van der Waals surface area contributed by atoms with Crippen LogP contribution in [0.4, 0.5) is 0 Å². The predicted molar refractivity (Wildman–Crippen MR) is 44.6 cm³/mol. The smallest absolute Gasteiger partial charge is 0.0265 e. The van der Waals surface area contributed by atoms with E-state index in [0.29, 0.717) is 18.1 Å². The lowest BCUT2D eigenvalue weighted by molar-refractivity contribution is 0.314. The molecule has 8 heavy (non-hydrogen) atoms. The summed E-state index contributed by atoms with van der Waals surface area (Å²) in [4.78, 5) is 0. The molecule has 0 atom stereocenters. The molecule has 0 fully saturated rings. The van der Waals surface area contributed by atoms with Crippen LogP contribution in [0.2, 0.25) is 6.55 Å². The van der Waals surface area contributed by atoms with Gasteiger partial charge in [-0.2, -0.15) is 0 Å². The van der Waals surface area contributed by atoms with Crippen LogP contribution in [0.1, 0.15) is 0 Å². The number of hydrogen-bond donors (Lipinski definition) is 1. The molecule has 0 saturated carbocycles. The van der Waals surface area contributed by atoms with Gasteiger partial charge in [0.05, 0.1) is 0 Å². The molecule has 0 bridgehead atoms. The summed E-state index contributed by atoms with van der Waals surface area (Å²) < 4.78 is 0. The van der Waals surface area contributed by atoms with E-state index in [1.165, 1.54) is 6.17 Å². The first-order valence-corrected chi connectivity index (χ1v) is 9.59. The van der Waals surface area contributed by atoms with Gasteiger partial charge >= 0.3 is 0 Å². The van der Waals surface area contributed by atoms with E-state index in [4.69, 9.17) is 0 Å². The molecule has 50 valence electrons. The van der Waals surface area contributed by atoms with E-state index in [0.717, 1.165) is 0 Å². The minimum absolute atomic E-state index is 0.365. The standard InChI is InChI=1S/C4H16N2Si2/c1-6(2)5-4-8-7-3/h5H,4,7-8H2,1-3H3. The van der Waals surface area contributed by atoms with Crippen molar-refractivity contribution in [3.63, 3.8) is 0 Å². The Balaban J connectivity index is 2.72. The van der Waals surface area contributed by atoms with Crippen molar-refractivity contribution in [3.8, 4) is 0 Å². The highest BCUT2D eigenvalue weighted by Gasteiger charge is 1.85. The molecule has 0 heterocycles. The molecule has 0 aliphatic heterocycles. The van der Waals surface area contributed by atoms with Crippen LogP contribution in [0.25, 0.3) is 0 Å². The van der Waals surface area contributed by atoms with Crippen LogP contribution in [-0.4, -0.2) is 43.3 Å². The van der Waals surface area contributed by atoms with Crippen molar-refractivity contribution >= 4 is 18.1 Å². The van der Waals surface area contributed by atoms with Gasteiger partial charge in [0.2, 0.25) is 0 Å². The van der Waals surface area contributed by atoms with Crippen molar-refractivity contribution in [2.75, 3.05) is 20.3 Å². The number of nitrogens with zero attached hydrogens (tertiary/aromatic N) is 1. The Bertz CT molecular complexity index is 49.3. The van der Waals surface area contributed by atoms with Crippen LogP contribution in [-0.2, 0) is 0 Å². The van der Waals surface area contributed by atoms with Crippen LogP contribution < -0.4 is 5.43 Å². The fourth-order valence-electron chi connectivity index (χ4n) is 0.479. The lowest BCUT2D eigenvalue weighted by Crippen LogP contribution is -2.34. The largest absolute Gasteiger partial charge is 0.260 e. The maximum Gasteiger partial charge on any atom is 0.0265 e. The zero-order valence-corrected chi connectivity index (χ0v) is 8.90. The lowest BCUT2D eigenvalue weighted by atomic mass is 11.1. The Morgan fingerprint density at radius 2 is 2.12 bits per heavy atom. The van der Waals surface area contributed by atoms with E-state index in [-0.39, 0.29) is 0 Å². The minimum Gasteiger partial charge on any atom is -0.260 e. The number of hydrogen-bond acceptors (Lipinski definition) is 2. The predicted octanol–water partition coefficient (Wildman–Crippen LogP) is -1.69. The van der Waals surface area contributed by atoms with E-state index in [1.54, 1.807) is 0 Å². The maximum atomic E-state index is 3.28. The minimum atomic E-state index is 0.365. The molecule has 0 aliphatic carbocycles. The van der Waals surface area contributed by atoms with Gasteiger partial charge < -0.3 is 0 Å². The van der Waals surface area contributed by atoms with Crippen LogP contribution in [0, 0.1) is 0 Å². The number of hydrazine groups is 1. The Kier molecular flexibility index (Phi) is 5.73. The van der Waals surface area contributed by atoms with Crippen molar-refractivity contribution in [1.29, 1.82) is 0 Å². The van der Waals surface area contributed by atoms with Gasteiger partial charge in [0.1, 0.15) is 0 Å². The number of rotatable bonds is 4. The monoisotopic (exact) mass is 148 g/mol. The first kappa shape index (κ1) is 8.35. The topological polar surface area (TPSA) is 15.3 Å². The van der Waals surface area contributed by atoms with E-state index < -0.39 is 0 Å². The van der Waals surface area contributed by atoms with Gasteiger partial charge in [-0.1, -0.05) is 6.55 Å². The summed E-state index contributed by atoms with van der Waals surface area (Å²) >= 11 is 0. The Hall–Kier alpha value is 0.354. The zero-order chi connectivity index (χ0) is 6.41. The maximum absolute atomic E-state index is 3.28. The number of nitrogens with one attached hydrogen (secondary N) is 1. The molecule has 0 aromatic rings. The summed E-state index contributed by atoms with van der Waals surface area (Å²) in [7, 11) is 4.88. The van der Waals surface area contributed by atoms with Gasteiger partial charge in [-0.05, 0) is 6.17 Å². The quantitative estimate of drug-likeness (QED) is 0.291. The Labute approximate surface area is 56.1 Å². The third-order valence-corrected chi connectivity index (χ3v) is 5.42. The van der Waals surface area contributed by atoms with Crippen LogP contribution in [0.5, 0.6) is 0 Å². The van der Waals surface area contributed by atoms with E-state index in [1.807, 2.05) is 19.1 Å². The fourth-order valence-corrected chi connectivity index (χ4v) is 2.97. The zero-order valence-electron chi connectivity index (χ0n) is 6.07. The van der Waals surface area contributed by atoms with E-state index in [2.05, 4.69) is 12.0 Å². The highest BCUT2D eigenvalue weighted by molar-refractivity contribution is 7.00. The third kappa shape index (κ3) is 6.35. The van der Waals surface area contributed by atoms with Gasteiger partial charge in [-0.15, -0.1) is 0 Å². The highest BCUT2D eigenvalue weighted by atomic mass is 29.1. The molecular formula is C4H16N2Si2. The highest BCUT2D eigenvalue weighted by Crippen LogP contribution is 1.60. The van der Waals surface area contributed by atoms with Gasteiger partial charge in [-0.3, -0.25) is 10.4 Å². The van der Waals surface area contributed by atoms with Gasteiger partial charge in [0.25, 0.3) is 0 Å². The molecule has 0 aliphatic rings. The van der Waals surface area contributed by atoms with Crippen molar-refractivity contribution in [2.24, 2.45) is 0 Å². The fraction of sp³-hybridized carbons (Fsp3) is 1.00.